The summed E-state index contributed by atoms with van der Waals surface area (Å²) in [5.74, 6) is 0.894. The predicted octanol–water partition coefficient (Wildman–Crippen LogP) is 2.74. The normalized spacial score (nSPS) is 10.4. The van der Waals surface area contributed by atoms with E-state index in [-0.39, 0.29) is 0 Å². The summed E-state index contributed by atoms with van der Waals surface area (Å²) in [6.45, 7) is 2.02. The number of nitrogen functional groups attached to an aromatic ring is 1. The lowest BCUT2D eigenvalue weighted by molar-refractivity contribution is 0.420. The van der Waals surface area contributed by atoms with Gasteiger partial charge in [-0.1, -0.05) is 12.1 Å². The Morgan fingerprint density at radius 3 is 2.57 bits per heavy atom. The highest BCUT2D eigenvalue weighted by molar-refractivity contribution is 5.93. The third kappa shape index (κ3) is 1.20. The molecule has 0 fully saturated rings. The van der Waals surface area contributed by atoms with Crippen LogP contribution in [0.2, 0.25) is 0 Å². The Kier molecular flexibility index (Phi) is 2.04. The lowest BCUT2D eigenvalue weighted by Gasteiger charge is -2.08. The molecule has 0 saturated carbocycles. The van der Waals surface area contributed by atoms with Gasteiger partial charge in [-0.05, 0) is 36.1 Å². The van der Waals surface area contributed by atoms with Crippen molar-refractivity contribution in [2.75, 3.05) is 12.8 Å². The molecular formula is C12H13NO. The van der Waals surface area contributed by atoms with Crippen LogP contribution in [0.15, 0.2) is 30.3 Å². The zero-order valence-corrected chi connectivity index (χ0v) is 8.37. The van der Waals surface area contributed by atoms with E-state index >= 15 is 0 Å². The molecule has 2 aromatic rings. The number of hydrogen-bond acceptors (Lipinski definition) is 2. The molecule has 0 radical (unpaired) electrons. The zero-order chi connectivity index (χ0) is 10.1. The van der Waals surface area contributed by atoms with Gasteiger partial charge in [0.2, 0.25) is 0 Å². The highest BCUT2D eigenvalue weighted by atomic mass is 16.5. The molecule has 0 aliphatic rings. The summed E-state index contributed by atoms with van der Waals surface area (Å²) < 4.78 is 5.28. The second-order valence-electron chi connectivity index (χ2n) is 3.34. The Morgan fingerprint density at radius 1 is 1.07 bits per heavy atom. The van der Waals surface area contributed by atoms with Crippen LogP contribution in [0, 0.1) is 6.92 Å². The molecule has 0 aliphatic carbocycles. The molecule has 0 amide bonds. The predicted molar refractivity (Wildman–Crippen MR) is 59.6 cm³/mol. The minimum atomic E-state index is 0.825. The van der Waals surface area contributed by atoms with Crippen molar-refractivity contribution in [2.24, 2.45) is 0 Å². The fraction of sp³-hybridized carbons (Fsp3) is 0.167. The van der Waals surface area contributed by atoms with E-state index in [1.54, 1.807) is 7.11 Å². The molecule has 0 heterocycles. The van der Waals surface area contributed by atoms with Crippen LogP contribution < -0.4 is 10.5 Å². The number of rotatable bonds is 1. The van der Waals surface area contributed by atoms with Crippen LogP contribution in [-0.4, -0.2) is 7.11 Å². The number of aryl methyl sites for hydroxylation is 1. The van der Waals surface area contributed by atoms with Crippen molar-refractivity contribution in [3.05, 3.63) is 35.9 Å². The SMILES string of the molecule is COc1cccc2c(C)c(N)ccc12. The lowest BCUT2D eigenvalue weighted by atomic mass is 10.0. The molecule has 0 saturated heterocycles. The summed E-state index contributed by atoms with van der Waals surface area (Å²) in [4.78, 5) is 0. The number of methoxy groups -OCH3 is 1. The van der Waals surface area contributed by atoms with E-state index in [1.807, 2.05) is 31.2 Å². The summed E-state index contributed by atoms with van der Waals surface area (Å²) in [6, 6.07) is 9.91. The molecule has 2 nitrogen and oxygen atoms in total. The Morgan fingerprint density at radius 2 is 1.86 bits per heavy atom. The van der Waals surface area contributed by atoms with Gasteiger partial charge in [0.15, 0.2) is 0 Å². The minimum Gasteiger partial charge on any atom is -0.496 e. The number of hydrogen-bond donors (Lipinski definition) is 1. The number of anilines is 1. The first-order valence-corrected chi connectivity index (χ1v) is 4.56. The van der Waals surface area contributed by atoms with Crippen LogP contribution in [0.5, 0.6) is 5.75 Å². The van der Waals surface area contributed by atoms with E-state index in [0.29, 0.717) is 0 Å². The van der Waals surface area contributed by atoms with Crippen molar-refractivity contribution in [1.29, 1.82) is 0 Å². The van der Waals surface area contributed by atoms with Gasteiger partial charge in [-0.15, -0.1) is 0 Å². The topological polar surface area (TPSA) is 35.2 Å². The molecular weight excluding hydrogens is 174 g/mol. The zero-order valence-electron chi connectivity index (χ0n) is 8.37. The molecule has 0 atom stereocenters. The van der Waals surface area contributed by atoms with Crippen LogP contribution in [0.4, 0.5) is 5.69 Å². The van der Waals surface area contributed by atoms with Crippen molar-refractivity contribution in [3.8, 4) is 5.75 Å². The van der Waals surface area contributed by atoms with Crippen LogP contribution in [0.3, 0.4) is 0 Å². The van der Waals surface area contributed by atoms with Crippen LogP contribution >= 0.6 is 0 Å². The highest BCUT2D eigenvalue weighted by Gasteiger charge is 2.04. The van der Waals surface area contributed by atoms with Crippen molar-refractivity contribution >= 4 is 16.5 Å². The van der Waals surface area contributed by atoms with Gasteiger partial charge in [-0.2, -0.15) is 0 Å². The third-order valence-corrected chi connectivity index (χ3v) is 2.55. The summed E-state index contributed by atoms with van der Waals surface area (Å²) in [5.41, 5.74) is 7.77. The third-order valence-electron chi connectivity index (χ3n) is 2.55. The van der Waals surface area contributed by atoms with E-state index in [0.717, 1.165) is 27.8 Å². The number of benzene rings is 2. The van der Waals surface area contributed by atoms with E-state index in [2.05, 4.69) is 6.07 Å². The second kappa shape index (κ2) is 3.22. The summed E-state index contributed by atoms with van der Waals surface area (Å²) in [7, 11) is 1.68. The molecule has 2 rings (SSSR count). The molecule has 0 unspecified atom stereocenters. The standard InChI is InChI=1S/C12H13NO/c1-8-9-4-3-5-12(14-2)10(9)6-7-11(8)13/h3-7H,13H2,1-2H3. The first kappa shape index (κ1) is 8.88. The maximum Gasteiger partial charge on any atom is 0.126 e. The smallest absolute Gasteiger partial charge is 0.126 e. The van der Waals surface area contributed by atoms with Crippen molar-refractivity contribution < 1.29 is 4.74 Å². The van der Waals surface area contributed by atoms with Crippen LogP contribution in [0.1, 0.15) is 5.56 Å². The maximum atomic E-state index is 5.84. The molecule has 2 N–H and O–H groups in total. The molecule has 72 valence electrons. The Bertz CT molecular complexity index is 477. The van der Waals surface area contributed by atoms with Crippen LogP contribution in [0.25, 0.3) is 10.8 Å². The van der Waals surface area contributed by atoms with Gasteiger partial charge in [0.1, 0.15) is 5.75 Å². The van der Waals surface area contributed by atoms with Crippen LogP contribution in [-0.2, 0) is 0 Å². The highest BCUT2D eigenvalue weighted by Crippen LogP contribution is 2.30. The van der Waals surface area contributed by atoms with E-state index < -0.39 is 0 Å². The maximum absolute atomic E-state index is 5.84. The van der Waals surface area contributed by atoms with Gasteiger partial charge in [0.05, 0.1) is 7.11 Å². The molecule has 14 heavy (non-hydrogen) atoms. The monoisotopic (exact) mass is 187 g/mol. The first-order valence-electron chi connectivity index (χ1n) is 4.56. The average Bonchev–Trinajstić information content (AvgIpc) is 2.23. The minimum absolute atomic E-state index is 0.825. The largest absolute Gasteiger partial charge is 0.496 e. The van der Waals surface area contributed by atoms with E-state index in [1.165, 1.54) is 0 Å². The molecule has 0 bridgehead atoms. The summed E-state index contributed by atoms with van der Waals surface area (Å²) in [6.07, 6.45) is 0. The van der Waals surface area contributed by atoms with Gasteiger partial charge < -0.3 is 10.5 Å². The van der Waals surface area contributed by atoms with Gasteiger partial charge in [0, 0.05) is 11.1 Å². The van der Waals surface area contributed by atoms with Gasteiger partial charge in [-0.25, -0.2) is 0 Å². The Balaban J connectivity index is 2.86. The lowest BCUT2D eigenvalue weighted by Crippen LogP contribution is -1.91. The van der Waals surface area contributed by atoms with E-state index in [9.17, 15) is 0 Å². The molecule has 2 heteroatoms. The fourth-order valence-corrected chi connectivity index (χ4v) is 1.67. The van der Waals surface area contributed by atoms with Crippen molar-refractivity contribution in [3.63, 3.8) is 0 Å². The Labute approximate surface area is 83.3 Å². The number of fused-ring (bicyclic) bond motifs is 1. The fourth-order valence-electron chi connectivity index (χ4n) is 1.67. The Hall–Kier alpha value is -1.70. The van der Waals surface area contributed by atoms with Gasteiger partial charge >= 0.3 is 0 Å². The second-order valence-corrected chi connectivity index (χ2v) is 3.34. The van der Waals surface area contributed by atoms with E-state index in [4.69, 9.17) is 10.5 Å². The molecule has 0 aliphatic heterocycles. The van der Waals surface area contributed by atoms with Gasteiger partial charge in [-0.3, -0.25) is 0 Å². The molecule has 0 spiro atoms. The van der Waals surface area contributed by atoms with Gasteiger partial charge in [0.25, 0.3) is 0 Å². The summed E-state index contributed by atoms with van der Waals surface area (Å²) in [5, 5.41) is 2.27. The molecule has 0 aromatic heterocycles. The molecule has 2 aromatic carbocycles. The van der Waals surface area contributed by atoms with Crippen molar-refractivity contribution in [1.82, 2.24) is 0 Å². The first-order chi connectivity index (χ1) is 6.74. The average molecular weight is 187 g/mol. The number of nitrogens with two attached hydrogens (primary N) is 1. The quantitative estimate of drug-likeness (QED) is 0.697. The number of ether oxygens (including phenoxy) is 1. The summed E-state index contributed by atoms with van der Waals surface area (Å²) >= 11 is 0. The van der Waals surface area contributed by atoms with Crippen molar-refractivity contribution in [2.45, 2.75) is 6.92 Å².